The predicted molar refractivity (Wildman–Crippen MR) is 91.2 cm³/mol. The highest BCUT2D eigenvalue weighted by Crippen LogP contribution is 2.24. The molecule has 0 aliphatic rings. The van der Waals surface area contributed by atoms with Crippen molar-refractivity contribution < 1.29 is 4.79 Å². The Balaban J connectivity index is 2.22. The van der Waals surface area contributed by atoms with Crippen LogP contribution in [-0.2, 0) is 11.3 Å². The average Bonchev–Trinajstić information content (AvgIpc) is 2.54. The van der Waals surface area contributed by atoms with Crippen LogP contribution in [-0.4, -0.2) is 23.9 Å². The third kappa shape index (κ3) is 3.74. The summed E-state index contributed by atoms with van der Waals surface area (Å²) < 4.78 is 0. The minimum Gasteiger partial charge on any atom is -0.341 e. The van der Waals surface area contributed by atoms with E-state index in [1.54, 1.807) is 4.90 Å². The first kappa shape index (κ1) is 16.2. The molecule has 0 radical (unpaired) electrons. The fourth-order valence-electron chi connectivity index (χ4n) is 2.46. The number of nitrogens with zero attached hydrogens (tertiary/aromatic N) is 1. The number of amides is 1. The maximum absolute atomic E-state index is 12.4. The number of hydrogen-bond acceptors (Lipinski definition) is 2. The molecular weight excluding hydrogens is 272 g/mol. The Morgan fingerprint density at radius 2 is 1.64 bits per heavy atom. The molecule has 1 amide bonds. The molecule has 0 bridgehead atoms. The summed E-state index contributed by atoms with van der Waals surface area (Å²) in [5, 5.41) is 0. The van der Waals surface area contributed by atoms with Crippen LogP contribution in [0, 0.1) is 5.92 Å². The molecule has 2 atom stereocenters. The molecule has 116 valence electrons. The van der Waals surface area contributed by atoms with E-state index in [4.69, 9.17) is 5.73 Å². The monoisotopic (exact) mass is 296 g/mol. The van der Waals surface area contributed by atoms with E-state index in [9.17, 15) is 4.79 Å². The normalized spacial score (nSPS) is 13.5. The Morgan fingerprint density at radius 1 is 1.05 bits per heavy atom. The highest BCUT2D eigenvalue weighted by atomic mass is 16.2. The van der Waals surface area contributed by atoms with Gasteiger partial charge < -0.3 is 10.6 Å². The van der Waals surface area contributed by atoms with E-state index >= 15 is 0 Å². The summed E-state index contributed by atoms with van der Waals surface area (Å²) in [6.45, 7) is 4.34. The third-order valence-electron chi connectivity index (χ3n) is 4.06. The van der Waals surface area contributed by atoms with Gasteiger partial charge in [-0.3, -0.25) is 4.79 Å². The molecule has 0 aliphatic heterocycles. The van der Waals surface area contributed by atoms with E-state index in [1.165, 1.54) is 5.56 Å². The van der Waals surface area contributed by atoms with Gasteiger partial charge in [0.15, 0.2) is 0 Å². The fourth-order valence-corrected chi connectivity index (χ4v) is 2.46. The van der Waals surface area contributed by atoms with Crippen LogP contribution in [0.2, 0.25) is 0 Å². The summed E-state index contributed by atoms with van der Waals surface area (Å²) in [7, 11) is 1.84. The van der Waals surface area contributed by atoms with E-state index in [-0.39, 0.29) is 17.9 Å². The first-order valence-electron chi connectivity index (χ1n) is 7.64. The van der Waals surface area contributed by atoms with Crippen LogP contribution < -0.4 is 5.73 Å². The van der Waals surface area contributed by atoms with Gasteiger partial charge in [0.1, 0.15) is 0 Å². The van der Waals surface area contributed by atoms with Crippen molar-refractivity contribution in [2.45, 2.75) is 26.4 Å². The van der Waals surface area contributed by atoms with Gasteiger partial charge in [0.25, 0.3) is 0 Å². The zero-order valence-corrected chi connectivity index (χ0v) is 13.5. The molecule has 0 heterocycles. The van der Waals surface area contributed by atoms with Crippen molar-refractivity contribution in [3.8, 4) is 11.1 Å². The van der Waals surface area contributed by atoms with Crippen LogP contribution in [0.5, 0.6) is 0 Å². The topological polar surface area (TPSA) is 46.3 Å². The number of carbonyl (C=O) groups is 1. The number of benzene rings is 2. The van der Waals surface area contributed by atoms with Crippen molar-refractivity contribution in [2.75, 3.05) is 7.05 Å². The smallest absolute Gasteiger partial charge is 0.226 e. The van der Waals surface area contributed by atoms with Gasteiger partial charge in [-0.15, -0.1) is 0 Å². The highest BCUT2D eigenvalue weighted by molar-refractivity contribution is 5.79. The Bertz CT molecular complexity index is 622. The number of rotatable bonds is 5. The van der Waals surface area contributed by atoms with Crippen LogP contribution in [0.25, 0.3) is 11.1 Å². The quantitative estimate of drug-likeness (QED) is 0.920. The molecule has 0 aromatic heterocycles. The molecule has 2 unspecified atom stereocenters. The zero-order chi connectivity index (χ0) is 16.1. The van der Waals surface area contributed by atoms with Crippen molar-refractivity contribution in [1.29, 1.82) is 0 Å². The van der Waals surface area contributed by atoms with Gasteiger partial charge in [-0.1, -0.05) is 61.5 Å². The van der Waals surface area contributed by atoms with Crippen LogP contribution >= 0.6 is 0 Å². The van der Waals surface area contributed by atoms with Gasteiger partial charge >= 0.3 is 0 Å². The van der Waals surface area contributed by atoms with Crippen molar-refractivity contribution in [1.82, 2.24) is 4.90 Å². The molecule has 0 aliphatic carbocycles. The summed E-state index contributed by atoms with van der Waals surface area (Å²) in [6.07, 6.45) is 0. The van der Waals surface area contributed by atoms with E-state index < -0.39 is 0 Å². The maximum Gasteiger partial charge on any atom is 0.226 e. The molecule has 0 saturated carbocycles. The maximum atomic E-state index is 12.4. The number of carbonyl (C=O) groups excluding carboxylic acids is 1. The number of hydrogen-bond donors (Lipinski definition) is 1. The number of nitrogens with two attached hydrogens (primary N) is 1. The van der Waals surface area contributed by atoms with Crippen LogP contribution in [0.1, 0.15) is 19.4 Å². The Morgan fingerprint density at radius 3 is 2.27 bits per heavy atom. The molecule has 2 aromatic rings. The largest absolute Gasteiger partial charge is 0.341 e. The molecule has 0 spiro atoms. The molecule has 3 nitrogen and oxygen atoms in total. The molecule has 2 rings (SSSR count). The van der Waals surface area contributed by atoms with Crippen molar-refractivity contribution >= 4 is 5.91 Å². The summed E-state index contributed by atoms with van der Waals surface area (Å²) in [4.78, 5) is 14.1. The molecule has 22 heavy (non-hydrogen) atoms. The zero-order valence-electron chi connectivity index (χ0n) is 13.5. The first-order valence-corrected chi connectivity index (χ1v) is 7.64. The Kier molecular flexibility index (Phi) is 5.34. The lowest BCUT2D eigenvalue weighted by atomic mass is 9.98. The second kappa shape index (κ2) is 7.23. The van der Waals surface area contributed by atoms with Crippen molar-refractivity contribution in [2.24, 2.45) is 11.7 Å². The lowest BCUT2D eigenvalue weighted by molar-refractivity contribution is -0.134. The molecule has 3 heteroatoms. The summed E-state index contributed by atoms with van der Waals surface area (Å²) in [6, 6.07) is 18.3. The molecule has 2 aromatic carbocycles. The van der Waals surface area contributed by atoms with Crippen molar-refractivity contribution in [3.63, 3.8) is 0 Å². The van der Waals surface area contributed by atoms with Crippen LogP contribution in [0.4, 0.5) is 0 Å². The van der Waals surface area contributed by atoms with Gasteiger partial charge in [0.05, 0.1) is 5.92 Å². The first-order chi connectivity index (χ1) is 10.5. The fraction of sp³-hybridized carbons (Fsp3) is 0.316. The average molecular weight is 296 g/mol. The van der Waals surface area contributed by atoms with Crippen LogP contribution in [0.3, 0.4) is 0 Å². The second-order valence-corrected chi connectivity index (χ2v) is 5.87. The minimum atomic E-state index is -0.172. The Labute approximate surface area is 132 Å². The summed E-state index contributed by atoms with van der Waals surface area (Å²) in [5.41, 5.74) is 9.31. The van der Waals surface area contributed by atoms with E-state index in [0.717, 1.165) is 11.1 Å². The minimum absolute atomic E-state index is 0.0814. The van der Waals surface area contributed by atoms with E-state index in [1.807, 2.05) is 51.2 Å². The standard InChI is InChI=1S/C19H24N2O/c1-14(15(2)20)19(22)21(3)13-17-11-7-8-12-18(17)16-9-5-4-6-10-16/h4-12,14-15H,13,20H2,1-3H3. The molecule has 2 N–H and O–H groups in total. The van der Waals surface area contributed by atoms with Crippen molar-refractivity contribution in [3.05, 3.63) is 60.2 Å². The van der Waals surface area contributed by atoms with Gasteiger partial charge in [-0.2, -0.15) is 0 Å². The van der Waals surface area contributed by atoms with E-state index in [0.29, 0.717) is 6.54 Å². The molecular formula is C19H24N2O. The molecule has 0 fully saturated rings. The van der Waals surface area contributed by atoms with E-state index in [2.05, 4.69) is 24.3 Å². The predicted octanol–water partition coefficient (Wildman–Crippen LogP) is 3.30. The van der Waals surface area contributed by atoms with Gasteiger partial charge in [-0.25, -0.2) is 0 Å². The lowest BCUT2D eigenvalue weighted by Gasteiger charge is -2.24. The third-order valence-corrected chi connectivity index (χ3v) is 4.06. The van der Waals surface area contributed by atoms with Gasteiger partial charge in [-0.05, 0) is 23.6 Å². The highest BCUT2D eigenvalue weighted by Gasteiger charge is 2.21. The Hall–Kier alpha value is -2.13. The van der Waals surface area contributed by atoms with Crippen LogP contribution in [0.15, 0.2) is 54.6 Å². The second-order valence-electron chi connectivity index (χ2n) is 5.87. The SMILES string of the molecule is CC(N)C(C)C(=O)N(C)Cc1ccccc1-c1ccccc1. The van der Waals surface area contributed by atoms with Gasteiger partial charge in [0, 0.05) is 19.6 Å². The lowest BCUT2D eigenvalue weighted by Crippen LogP contribution is -2.39. The summed E-state index contributed by atoms with van der Waals surface area (Å²) in [5.74, 6) is -0.0910. The molecule has 0 saturated heterocycles. The summed E-state index contributed by atoms with van der Waals surface area (Å²) >= 11 is 0. The van der Waals surface area contributed by atoms with Gasteiger partial charge in [0.2, 0.25) is 5.91 Å².